The second-order valence-corrected chi connectivity index (χ2v) is 6.28. The zero-order chi connectivity index (χ0) is 19.1. The smallest absolute Gasteiger partial charge is 0.253 e. The Morgan fingerprint density at radius 1 is 1.11 bits per heavy atom. The first-order chi connectivity index (χ1) is 13.2. The van der Waals surface area contributed by atoms with Crippen molar-refractivity contribution in [2.45, 2.75) is 44.8 Å². The molecule has 3 rings (SSSR count). The van der Waals surface area contributed by atoms with Crippen molar-refractivity contribution >= 4 is 5.91 Å². The van der Waals surface area contributed by atoms with Gasteiger partial charge in [0.15, 0.2) is 0 Å². The molecule has 0 radical (unpaired) electrons. The van der Waals surface area contributed by atoms with Crippen LogP contribution in [-0.2, 0) is 0 Å². The van der Waals surface area contributed by atoms with Gasteiger partial charge in [0.25, 0.3) is 5.91 Å². The molecule has 0 saturated heterocycles. The molecule has 2 aromatic rings. The Labute approximate surface area is 158 Å². The molecule has 0 unspecified atom stereocenters. The van der Waals surface area contributed by atoms with Crippen LogP contribution in [-0.4, -0.2) is 46.7 Å². The molecule has 8 nitrogen and oxygen atoms in total. The lowest BCUT2D eigenvalue weighted by Gasteiger charge is -2.29. The van der Waals surface area contributed by atoms with Gasteiger partial charge in [-0.25, -0.2) is 4.98 Å². The lowest BCUT2D eigenvalue weighted by Crippen LogP contribution is -2.39. The van der Waals surface area contributed by atoms with Crippen molar-refractivity contribution in [1.82, 2.24) is 20.3 Å². The van der Waals surface area contributed by atoms with Crippen molar-refractivity contribution in [2.24, 2.45) is 0 Å². The number of nitrogens with one attached hydrogen (secondary N) is 1. The van der Waals surface area contributed by atoms with Crippen LogP contribution in [0.5, 0.6) is 17.6 Å². The maximum atomic E-state index is 12.4. The molecule has 1 fully saturated rings. The molecule has 1 N–H and O–H groups in total. The molecule has 0 spiro atoms. The summed E-state index contributed by atoms with van der Waals surface area (Å²) in [4.78, 5) is 24.8. The second-order valence-electron chi connectivity index (χ2n) is 6.28. The van der Waals surface area contributed by atoms with Gasteiger partial charge < -0.3 is 19.5 Å². The molecule has 0 atom stereocenters. The molecular formula is C19H24N4O4. The van der Waals surface area contributed by atoms with Crippen LogP contribution in [0.4, 0.5) is 0 Å². The van der Waals surface area contributed by atoms with Crippen LogP contribution in [0.2, 0.25) is 0 Å². The van der Waals surface area contributed by atoms with Crippen molar-refractivity contribution in [2.75, 3.05) is 13.7 Å². The molecule has 1 aliphatic carbocycles. The molecule has 144 valence electrons. The van der Waals surface area contributed by atoms with Crippen molar-refractivity contribution in [1.29, 1.82) is 0 Å². The zero-order valence-corrected chi connectivity index (χ0v) is 15.6. The molecule has 1 aliphatic rings. The van der Waals surface area contributed by atoms with Crippen LogP contribution in [0.15, 0.2) is 30.7 Å². The average Bonchev–Trinajstić information content (AvgIpc) is 2.70. The van der Waals surface area contributed by atoms with E-state index in [9.17, 15) is 4.79 Å². The average molecular weight is 372 g/mol. The van der Waals surface area contributed by atoms with E-state index in [1.807, 2.05) is 6.92 Å². The Morgan fingerprint density at radius 3 is 2.56 bits per heavy atom. The van der Waals surface area contributed by atoms with Gasteiger partial charge in [0.05, 0.1) is 31.7 Å². The third-order valence-electron chi connectivity index (χ3n) is 4.39. The highest BCUT2D eigenvalue weighted by molar-refractivity contribution is 5.94. The highest BCUT2D eigenvalue weighted by Gasteiger charge is 2.24. The summed E-state index contributed by atoms with van der Waals surface area (Å²) in [5.74, 6) is 1.29. The quantitative estimate of drug-likeness (QED) is 0.797. The number of hydrogen-bond acceptors (Lipinski definition) is 7. The van der Waals surface area contributed by atoms with E-state index >= 15 is 0 Å². The summed E-state index contributed by atoms with van der Waals surface area (Å²) in [6.07, 6.45) is 8.08. The molecule has 1 saturated carbocycles. The van der Waals surface area contributed by atoms with Gasteiger partial charge in [0.2, 0.25) is 17.6 Å². The molecule has 2 aromatic heterocycles. The first-order valence-electron chi connectivity index (χ1n) is 9.10. The van der Waals surface area contributed by atoms with E-state index in [2.05, 4.69) is 20.3 Å². The largest absolute Gasteiger partial charge is 0.480 e. The van der Waals surface area contributed by atoms with E-state index in [4.69, 9.17) is 14.2 Å². The van der Waals surface area contributed by atoms with Crippen molar-refractivity contribution in [3.05, 3.63) is 36.3 Å². The minimum Gasteiger partial charge on any atom is -0.480 e. The van der Waals surface area contributed by atoms with E-state index in [1.54, 1.807) is 25.4 Å². The summed E-state index contributed by atoms with van der Waals surface area (Å²) >= 11 is 0. The summed E-state index contributed by atoms with van der Waals surface area (Å²) in [7, 11) is 1.54. The normalized spacial score (nSPS) is 19.2. The van der Waals surface area contributed by atoms with Crippen LogP contribution in [0.3, 0.4) is 0 Å². The first kappa shape index (κ1) is 18.9. The van der Waals surface area contributed by atoms with Crippen molar-refractivity contribution in [3.63, 3.8) is 0 Å². The number of amides is 1. The van der Waals surface area contributed by atoms with Crippen LogP contribution >= 0.6 is 0 Å². The number of aromatic nitrogens is 3. The molecule has 1 amide bonds. The Hall–Kier alpha value is -2.90. The van der Waals surface area contributed by atoms with E-state index in [0.29, 0.717) is 29.8 Å². The van der Waals surface area contributed by atoms with Gasteiger partial charge in [0.1, 0.15) is 6.10 Å². The summed E-state index contributed by atoms with van der Waals surface area (Å²) in [6.45, 7) is 2.44. The van der Waals surface area contributed by atoms with E-state index < -0.39 is 0 Å². The molecule has 0 aromatic carbocycles. The van der Waals surface area contributed by atoms with E-state index in [0.717, 1.165) is 25.7 Å². The number of pyridine rings is 1. The highest BCUT2D eigenvalue weighted by atomic mass is 16.5. The second kappa shape index (κ2) is 9.16. The Kier molecular flexibility index (Phi) is 6.40. The number of methoxy groups -OCH3 is 1. The third kappa shape index (κ3) is 5.29. The van der Waals surface area contributed by atoms with Gasteiger partial charge in [-0.3, -0.25) is 9.78 Å². The number of rotatable bonds is 7. The number of nitrogens with zero attached hydrogens (tertiary/aromatic N) is 3. The molecule has 8 heteroatoms. The molecule has 27 heavy (non-hydrogen) atoms. The molecular weight excluding hydrogens is 348 g/mol. The molecule has 0 aliphatic heterocycles. The fourth-order valence-electron chi connectivity index (χ4n) is 3.00. The topological polar surface area (TPSA) is 95.5 Å². The Morgan fingerprint density at radius 2 is 1.89 bits per heavy atom. The number of carbonyl (C=O) groups excluding carboxylic acids is 1. The monoisotopic (exact) mass is 372 g/mol. The minimum atomic E-state index is -0.117. The standard InChI is InChI=1S/C19H24N4O4/c1-3-26-16-9-4-13(10-21-16)19(24)22-14-5-7-15(8-6-14)27-18-12-20-11-17(23-18)25-2/h4,9-12,14-15H,3,5-8H2,1-2H3,(H,22,24). The Balaban J connectivity index is 1.46. The lowest BCUT2D eigenvalue weighted by molar-refractivity contribution is 0.0888. The van der Waals surface area contributed by atoms with Crippen LogP contribution in [0.1, 0.15) is 43.0 Å². The minimum absolute atomic E-state index is 0.0618. The SMILES string of the molecule is CCOc1ccc(C(=O)NC2CCC(Oc3cncc(OC)n3)CC2)cn1. The van der Waals surface area contributed by atoms with Gasteiger partial charge in [-0.05, 0) is 38.7 Å². The van der Waals surface area contributed by atoms with Gasteiger partial charge >= 0.3 is 0 Å². The predicted octanol–water partition coefficient (Wildman–Crippen LogP) is 2.40. The Bertz CT molecular complexity index is 746. The van der Waals surface area contributed by atoms with Crippen molar-refractivity contribution in [3.8, 4) is 17.6 Å². The number of ether oxygens (including phenoxy) is 3. The predicted molar refractivity (Wildman–Crippen MR) is 98.1 cm³/mol. The molecule has 0 bridgehead atoms. The van der Waals surface area contributed by atoms with Gasteiger partial charge in [-0.1, -0.05) is 0 Å². The summed E-state index contributed by atoms with van der Waals surface area (Å²) in [5.41, 5.74) is 0.531. The maximum absolute atomic E-state index is 12.4. The summed E-state index contributed by atoms with van der Waals surface area (Å²) < 4.78 is 16.2. The number of carbonyl (C=O) groups is 1. The van der Waals surface area contributed by atoms with Crippen molar-refractivity contribution < 1.29 is 19.0 Å². The summed E-state index contributed by atoms with van der Waals surface area (Å²) in [6, 6.07) is 3.56. The van der Waals surface area contributed by atoms with Crippen LogP contribution < -0.4 is 19.5 Å². The molecule has 2 heterocycles. The van der Waals surface area contributed by atoms with E-state index in [-0.39, 0.29) is 18.1 Å². The number of hydrogen-bond donors (Lipinski definition) is 1. The van der Waals surface area contributed by atoms with Gasteiger partial charge in [-0.2, -0.15) is 4.98 Å². The summed E-state index contributed by atoms with van der Waals surface area (Å²) in [5, 5.41) is 3.07. The first-order valence-corrected chi connectivity index (χ1v) is 9.10. The zero-order valence-electron chi connectivity index (χ0n) is 15.6. The fraction of sp³-hybridized carbons (Fsp3) is 0.474. The van der Waals surface area contributed by atoms with Gasteiger partial charge in [-0.15, -0.1) is 0 Å². The lowest BCUT2D eigenvalue weighted by atomic mass is 9.93. The van der Waals surface area contributed by atoms with Crippen LogP contribution in [0, 0.1) is 0 Å². The highest BCUT2D eigenvalue weighted by Crippen LogP contribution is 2.23. The van der Waals surface area contributed by atoms with Gasteiger partial charge in [0, 0.05) is 18.3 Å². The van der Waals surface area contributed by atoms with E-state index in [1.165, 1.54) is 12.4 Å². The third-order valence-corrected chi connectivity index (χ3v) is 4.39. The van der Waals surface area contributed by atoms with Crippen LogP contribution in [0.25, 0.3) is 0 Å². The fourth-order valence-corrected chi connectivity index (χ4v) is 3.00. The maximum Gasteiger partial charge on any atom is 0.253 e.